The van der Waals surface area contributed by atoms with Crippen LogP contribution in [0.1, 0.15) is 16.1 Å². The van der Waals surface area contributed by atoms with Crippen LogP contribution in [0.4, 0.5) is 5.69 Å². The fourth-order valence-electron chi connectivity index (χ4n) is 3.29. The molecule has 1 aliphatic heterocycles. The molecule has 33 heavy (non-hydrogen) atoms. The van der Waals surface area contributed by atoms with Gasteiger partial charge in [0.1, 0.15) is 5.57 Å². The highest BCUT2D eigenvalue weighted by molar-refractivity contribution is 7.89. The van der Waals surface area contributed by atoms with Crippen LogP contribution >= 0.6 is 0 Å². The van der Waals surface area contributed by atoms with Gasteiger partial charge in [0.15, 0.2) is 0 Å². The Bertz CT molecular complexity index is 1390. The molecule has 2 amide bonds. The zero-order chi connectivity index (χ0) is 23.8. The Morgan fingerprint density at radius 3 is 2.24 bits per heavy atom. The van der Waals surface area contributed by atoms with Crippen LogP contribution in [0, 0.1) is 0 Å². The van der Waals surface area contributed by atoms with Gasteiger partial charge in [-0.15, -0.1) is 0 Å². The number of carbonyl (C=O) groups excluding carboxylic acids is 3. The van der Waals surface area contributed by atoms with Crippen molar-refractivity contribution >= 4 is 39.6 Å². The number of ether oxygens (including phenoxy) is 1. The van der Waals surface area contributed by atoms with Crippen LogP contribution in [-0.4, -0.2) is 37.9 Å². The van der Waals surface area contributed by atoms with Gasteiger partial charge in [0.05, 0.1) is 23.3 Å². The molecule has 4 rings (SSSR count). The number of primary sulfonamides is 1. The molecule has 0 spiro atoms. The summed E-state index contributed by atoms with van der Waals surface area (Å²) < 4.78 is 29.3. The maximum absolute atomic E-state index is 12.9. The zero-order valence-corrected chi connectivity index (χ0v) is 18.1. The number of nitrogens with zero attached hydrogens (tertiary/aromatic N) is 2. The lowest BCUT2D eigenvalue weighted by Crippen LogP contribution is -2.35. The Balaban J connectivity index is 1.62. The molecular weight excluding hydrogens is 448 g/mol. The number of methoxy groups -OCH3 is 1. The number of anilines is 1. The molecule has 0 saturated carbocycles. The maximum atomic E-state index is 12.9. The summed E-state index contributed by atoms with van der Waals surface area (Å²) in [7, 11) is -2.56. The number of esters is 1. The standard InChI is InChI=1S/C22H18N4O6S/c1-32-22(29)14-4-6-16(7-5-14)26-21(28)19(20(27)24-26)13-17-3-2-12-25(17)15-8-10-18(11-9-15)33(23,30)31/h2-13H,1H3,(H,24,27)(H2,23,30,31). The van der Waals surface area contributed by atoms with Crippen molar-refractivity contribution in [1.82, 2.24) is 9.99 Å². The predicted octanol–water partition coefficient (Wildman–Crippen LogP) is 1.37. The summed E-state index contributed by atoms with van der Waals surface area (Å²) in [6.07, 6.45) is 3.15. The average molecular weight is 466 g/mol. The highest BCUT2D eigenvalue weighted by Crippen LogP contribution is 2.24. The van der Waals surface area contributed by atoms with E-state index < -0.39 is 27.8 Å². The van der Waals surface area contributed by atoms with Crippen LogP contribution in [0.3, 0.4) is 0 Å². The van der Waals surface area contributed by atoms with Crippen LogP contribution in [0.5, 0.6) is 0 Å². The topological polar surface area (TPSA) is 141 Å². The van der Waals surface area contributed by atoms with Crippen molar-refractivity contribution in [2.45, 2.75) is 4.90 Å². The number of hydrazine groups is 1. The van der Waals surface area contributed by atoms with E-state index in [1.54, 1.807) is 35.0 Å². The SMILES string of the molecule is COC(=O)c1ccc(N2NC(=O)C(=Cc3cccn3-c3ccc(S(N)(=O)=O)cc3)C2=O)cc1. The number of amides is 2. The highest BCUT2D eigenvalue weighted by atomic mass is 32.2. The van der Waals surface area contributed by atoms with Gasteiger partial charge in [-0.1, -0.05) is 0 Å². The molecule has 0 aliphatic carbocycles. The van der Waals surface area contributed by atoms with Gasteiger partial charge in [0.2, 0.25) is 10.0 Å². The fraction of sp³-hybridized carbons (Fsp3) is 0.0455. The third-order valence-corrected chi connectivity index (χ3v) is 5.88. The van der Waals surface area contributed by atoms with Crippen molar-refractivity contribution in [1.29, 1.82) is 0 Å². The van der Waals surface area contributed by atoms with E-state index in [2.05, 4.69) is 10.2 Å². The minimum Gasteiger partial charge on any atom is -0.465 e. The number of hydrogen-bond acceptors (Lipinski definition) is 6. The molecule has 2 aromatic carbocycles. The molecule has 168 valence electrons. The summed E-state index contributed by atoms with van der Waals surface area (Å²) >= 11 is 0. The Kier molecular flexibility index (Phi) is 5.58. The van der Waals surface area contributed by atoms with Crippen LogP contribution < -0.4 is 15.6 Å². The molecule has 1 fully saturated rings. The maximum Gasteiger partial charge on any atom is 0.337 e. The molecule has 10 nitrogen and oxygen atoms in total. The molecule has 0 atom stereocenters. The van der Waals surface area contributed by atoms with Crippen molar-refractivity contribution in [2.24, 2.45) is 5.14 Å². The fourth-order valence-corrected chi connectivity index (χ4v) is 3.81. The molecule has 0 unspecified atom stereocenters. The number of aromatic nitrogens is 1. The second-order valence-electron chi connectivity index (χ2n) is 7.02. The second kappa shape index (κ2) is 8.37. The smallest absolute Gasteiger partial charge is 0.337 e. The molecule has 3 aromatic rings. The third kappa shape index (κ3) is 4.27. The number of sulfonamides is 1. The van der Waals surface area contributed by atoms with E-state index in [9.17, 15) is 22.8 Å². The Morgan fingerprint density at radius 1 is 1.00 bits per heavy atom. The summed E-state index contributed by atoms with van der Waals surface area (Å²) in [4.78, 5) is 37.0. The van der Waals surface area contributed by atoms with Crippen molar-refractivity contribution < 1.29 is 27.5 Å². The molecule has 1 aliphatic rings. The van der Waals surface area contributed by atoms with Gasteiger partial charge in [-0.05, 0) is 66.7 Å². The highest BCUT2D eigenvalue weighted by Gasteiger charge is 2.34. The lowest BCUT2D eigenvalue weighted by molar-refractivity contribution is -0.117. The third-order valence-electron chi connectivity index (χ3n) is 4.95. The van der Waals surface area contributed by atoms with E-state index in [0.29, 0.717) is 22.6 Å². The van der Waals surface area contributed by atoms with E-state index in [-0.39, 0.29) is 10.5 Å². The minimum atomic E-state index is -3.82. The lowest BCUT2D eigenvalue weighted by atomic mass is 10.2. The van der Waals surface area contributed by atoms with Crippen molar-refractivity contribution in [2.75, 3.05) is 12.1 Å². The number of carbonyl (C=O) groups is 3. The normalized spacial score (nSPS) is 15.1. The minimum absolute atomic E-state index is 0.0301. The lowest BCUT2D eigenvalue weighted by Gasteiger charge is -2.14. The number of nitrogens with one attached hydrogen (secondary N) is 1. The van der Waals surface area contributed by atoms with Crippen molar-refractivity contribution in [3.05, 3.63) is 83.7 Å². The van der Waals surface area contributed by atoms with Gasteiger partial charge in [0.25, 0.3) is 11.8 Å². The van der Waals surface area contributed by atoms with Crippen LogP contribution in [-0.2, 0) is 24.3 Å². The van der Waals surface area contributed by atoms with E-state index >= 15 is 0 Å². The number of benzene rings is 2. The summed E-state index contributed by atoms with van der Waals surface area (Å²) in [6, 6.07) is 15.3. The molecule has 1 saturated heterocycles. The second-order valence-corrected chi connectivity index (χ2v) is 8.58. The monoisotopic (exact) mass is 466 g/mol. The Morgan fingerprint density at radius 2 is 1.64 bits per heavy atom. The van der Waals surface area contributed by atoms with Crippen molar-refractivity contribution in [3.8, 4) is 5.69 Å². The summed E-state index contributed by atoms with van der Waals surface area (Å²) in [5.74, 6) is -1.67. The Labute approximate surface area is 188 Å². The van der Waals surface area contributed by atoms with Gasteiger partial charge in [-0.3, -0.25) is 15.0 Å². The van der Waals surface area contributed by atoms with Crippen LogP contribution in [0.2, 0.25) is 0 Å². The van der Waals surface area contributed by atoms with Crippen LogP contribution in [0.25, 0.3) is 11.8 Å². The first-order valence-corrected chi connectivity index (χ1v) is 11.1. The van der Waals surface area contributed by atoms with E-state index in [4.69, 9.17) is 5.14 Å². The molecule has 11 heteroatoms. The van der Waals surface area contributed by atoms with Gasteiger partial charge < -0.3 is 9.30 Å². The summed E-state index contributed by atoms with van der Waals surface area (Å²) in [5.41, 5.74) is 4.23. The zero-order valence-electron chi connectivity index (χ0n) is 17.3. The quantitative estimate of drug-likeness (QED) is 0.331. The molecule has 0 radical (unpaired) electrons. The molecular formula is C22H18N4O6S. The number of rotatable bonds is 5. The Hall–Kier alpha value is -4.22. The number of hydrogen-bond donors (Lipinski definition) is 2. The number of nitrogens with two attached hydrogens (primary N) is 1. The molecule has 1 aromatic heterocycles. The predicted molar refractivity (Wildman–Crippen MR) is 119 cm³/mol. The molecule has 3 N–H and O–H groups in total. The van der Waals surface area contributed by atoms with Gasteiger partial charge in [0, 0.05) is 17.6 Å². The van der Waals surface area contributed by atoms with Crippen molar-refractivity contribution in [3.63, 3.8) is 0 Å². The van der Waals surface area contributed by atoms with Gasteiger partial charge >= 0.3 is 5.97 Å². The first-order valence-electron chi connectivity index (χ1n) is 9.55. The largest absolute Gasteiger partial charge is 0.465 e. The average Bonchev–Trinajstić information content (AvgIpc) is 3.38. The van der Waals surface area contributed by atoms with E-state index in [1.807, 2.05) is 0 Å². The van der Waals surface area contributed by atoms with Gasteiger partial charge in [-0.25, -0.2) is 23.4 Å². The van der Waals surface area contributed by atoms with Gasteiger partial charge in [-0.2, -0.15) is 0 Å². The first kappa shape index (κ1) is 22.0. The van der Waals surface area contributed by atoms with E-state index in [1.165, 1.54) is 49.6 Å². The van der Waals surface area contributed by atoms with Crippen LogP contribution in [0.15, 0.2) is 77.3 Å². The summed E-state index contributed by atoms with van der Waals surface area (Å²) in [6.45, 7) is 0. The first-order chi connectivity index (χ1) is 15.7. The van der Waals surface area contributed by atoms with E-state index in [0.717, 1.165) is 5.01 Å². The summed E-state index contributed by atoms with van der Waals surface area (Å²) in [5, 5.41) is 6.22. The molecule has 0 bridgehead atoms. The molecule has 2 heterocycles.